The molecule has 0 saturated carbocycles. The molecule has 0 spiro atoms. The Labute approximate surface area is 251 Å². The first-order valence-electron chi connectivity index (χ1n) is 13.9. The molecule has 9 heteroatoms. The number of amides is 2. The molecule has 224 valence electrons. The third-order valence-electron chi connectivity index (χ3n) is 7.44. The Kier molecular flexibility index (Phi) is 8.33. The molecule has 0 saturated heterocycles. The number of carbonyl (C=O) groups excluding carboxylic acids is 2. The minimum absolute atomic E-state index is 0.0625. The van der Waals surface area contributed by atoms with Gasteiger partial charge < -0.3 is 21.1 Å². The number of nitrogens with two attached hydrogens (primary N) is 1. The van der Waals surface area contributed by atoms with E-state index in [1.54, 1.807) is 69.4 Å². The average Bonchev–Trinajstić information content (AvgIpc) is 3.35. The van der Waals surface area contributed by atoms with Gasteiger partial charge in [-0.2, -0.15) is 0 Å². The highest BCUT2D eigenvalue weighted by Crippen LogP contribution is 2.32. The number of hydrogen-bond donors (Lipinski definition) is 3. The van der Waals surface area contributed by atoms with Gasteiger partial charge in [0.25, 0.3) is 11.8 Å². The molecular weight excluding hydrogens is 545 g/mol. The van der Waals surface area contributed by atoms with Crippen LogP contribution in [0.3, 0.4) is 0 Å². The van der Waals surface area contributed by atoms with Crippen LogP contribution in [0.25, 0.3) is 11.8 Å². The first-order chi connectivity index (χ1) is 20.0. The van der Waals surface area contributed by atoms with Gasteiger partial charge in [0.05, 0.1) is 16.9 Å². The van der Waals surface area contributed by atoms with E-state index in [0.717, 1.165) is 11.1 Å². The van der Waals surface area contributed by atoms with Crippen LogP contribution in [-0.2, 0) is 11.0 Å². The predicted octanol–water partition coefficient (Wildman–Crippen LogP) is 6.61. The number of carbonyl (C=O) groups is 2. The van der Waals surface area contributed by atoms with Crippen LogP contribution in [0, 0.1) is 12.7 Å². The Morgan fingerprint density at radius 1 is 1.07 bits per heavy atom. The number of rotatable bonds is 8. The van der Waals surface area contributed by atoms with Crippen molar-refractivity contribution in [3.63, 3.8) is 0 Å². The number of nitrogens with zero attached hydrogens (tertiary/aromatic N) is 3. The quantitative estimate of drug-likeness (QED) is 0.216. The lowest BCUT2D eigenvalue weighted by Gasteiger charge is -2.24. The number of benzene rings is 3. The molecule has 1 heterocycles. The summed E-state index contributed by atoms with van der Waals surface area (Å²) in [6.07, 6.45) is 3.01. The second kappa shape index (κ2) is 11.5. The molecule has 4 aromatic rings. The van der Waals surface area contributed by atoms with Gasteiger partial charge in [0.1, 0.15) is 11.4 Å². The van der Waals surface area contributed by atoms with E-state index in [9.17, 15) is 14.7 Å². The van der Waals surface area contributed by atoms with Crippen molar-refractivity contribution in [3.05, 3.63) is 107 Å². The number of anilines is 3. The Bertz CT molecular complexity index is 1710. The van der Waals surface area contributed by atoms with Crippen LogP contribution in [0.1, 0.15) is 77.6 Å². The van der Waals surface area contributed by atoms with E-state index < -0.39 is 23.2 Å². The zero-order chi connectivity index (χ0) is 31.9. The molecule has 3 aromatic carbocycles. The highest BCUT2D eigenvalue weighted by molar-refractivity contribution is 6.08. The molecule has 1 aromatic heterocycles. The van der Waals surface area contributed by atoms with Crippen molar-refractivity contribution in [3.8, 4) is 5.69 Å². The average molecular weight is 584 g/mol. The van der Waals surface area contributed by atoms with Gasteiger partial charge in [-0.15, -0.1) is 5.10 Å². The van der Waals surface area contributed by atoms with Crippen LogP contribution in [-0.4, -0.2) is 33.7 Å². The molecular formula is C34H38FN5O3. The fourth-order valence-electron chi connectivity index (χ4n) is 4.82. The van der Waals surface area contributed by atoms with Crippen molar-refractivity contribution in [2.24, 2.45) is 5.73 Å². The van der Waals surface area contributed by atoms with Crippen LogP contribution in [0.2, 0.25) is 0 Å². The number of halogens is 1. The first-order valence-corrected chi connectivity index (χ1v) is 13.9. The van der Waals surface area contributed by atoms with Crippen molar-refractivity contribution in [1.82, 2.24) is 9.78 Å². The van der Waals surface area contributed by atoms with Gasteiger partial charge in [0, 0.05) is 24.6 Å². The molecule has 0 aliphatic rings. The summed E-state index contributed by atoms with van der Waals surface area (Å²) in [4.78, 5) is 27.4. The molecule has 8 nitrogen and oxygen atoms in total. The van der Waals surface area contributed by atoms with Crippen molar-refractivity contribution in [2.75, 3.05) is 17.3 Å². The van der Waals surface area contributed by atoms with E-state index in [-0.39, 0.29) is 22.4 Å². The number of nitrogens with one attached hydrogen (secondary N) is 1. The molecule has 4 rings (SSSR count). The number of hydrogen-bond acceptors (Lipinski definition) is 5. The van der Waals surface area contributed by atoms with Gasteiger partial charge >= 0.3 is 0 Å². The van der Waals surface area contributed by atoms with Crippen molar-refractivity contribution in [2.45, 2.75) is 52.6 Å². The summed E-state index contributed by atoms with van der Waals surface area (Å²) in [5.41, 5.74) is 8.83. The largest absolute Gasteiger partial charge is 0.386 e. The fraction of sp³-hybridized carbons (Fsp3) is 0.265. The van der Waals surface area contributed by atoms with Crippen molar-refractivity contribution in [1.29, 1.82) is 0 Å². The number of primary amides is 1. The molecule has 0 aliphatic heterocycles. The zero-order valence-electron chi connectivity index (χ0n) is 25.6. The normalized spacial score (nSPS) is 11.7. The Morgan fingerprint density at radius 2 is 1.72 bits per heavy atom. The second-order valence-corrected chi connectivity index (χ2v) is 12.1. The van der Waals surface area contributed by atoms with Gasteiger partial charge in [0.2, 0.25) is 0 Å². The minimum atomic E-state index is -0.996. The lowest BCUT2D eigenvalue weighted by Crippen LogP contribution is -2.29. The SMILES string of the molecule is C=Cc1cc(C(C)(C)C)cc(F)c1C(=O)N(C)c1cccc(-n2cc(C(N)=O)c(Nc3ccc(C(C)(C)O)cc3)n2)c1C. The molecule has 0 atom stereocenters. The van der Waals surface area contributed by atoms with E-state index in [1.807, 2.05) is 27.7 Å². The number of aliphatic hydroxyl groups is 1. The maximum atomic E-state index is 15.4. The second-order valence-electron chi connectivity index (χ2n) is 12.1. The summed E-state index contributed by atoms with van der Waals surface area (Å²) in [7, 11) is 1.58. The van der Waals surface area contributed by atoms with Crippen LogP contribution < -0.4 is 16.0 Å². The molecule has 4 N–H and O–H groups in total. The minimum Gasteiger partial charge on any atom is -0.386 e. The monoisotopic (exact) mass is 583 g/mol. The van der Waals surface area contributed by atoms with Gasteiger partial charge in [-0.05, 0) is 78.8 Å². The molecule has 0 fully saturated rings. The first kappa shape index (κ1) is 31.2. The summed E-state index contributed by atoms with van der Waals surface area (Å²) >= 11 is 0. The summed E-state index contributed by atoms with van der Waals surface area (Å²) in [5, 5.41) is 17.9. The third kappa shape index (κ3) is 6.36. The Hall–Kier alpha value is -4.76. The van der Waals surface area contributed by atoms with Crippen LogP contribution >= 0.6 is 0 Å². The maximum absolute atomic E-state index is 15.4. The standard InChI is InChI=1S/C34H38FN5O3/c1-9-21-17-23(33(3,4)5)18-26(35)29(21)32(42)39(8)27-11-10-12-28(20(27)2)40-19-25(30(36)41)31(38-40)37-24-15-13-22(14-16-24)34(6,7)43/h9-19,43H,1H2,2-8H3,(H2,36,41)(H,37,38). The van der Waals surface area contributed by atoms with Gasteiger partial charge in [-0.25, -0.2) is 9.07 Å². The molecule has 43 heavy (non-hydrogen) atoms. The summed E-state index contributed by atoms with van der Waals surface area (Å²) in [6.45, 7) is 14.9. The molecule has 0 bridgehead atoms. The van der Waals surface area contributed by atoms with E-state index in [0.29, 0.717) is 28.2 Å². The van der Waals surface area contributed by atoms with E-state index in [1.165, 1.54) is 27.9 Å². The van der Waals surface area contributed by atoms with Crippen LogP contribution in [0.5, 0.6) is 0 Å². The fourth-order valence-corrected chi connectivity index (χ4v) is 4.82. The van der Waals surface area contributed by atoms with Gasteiger partial charge in [0.15, 0.2) is 5.82 Å². The van der Waals surface area contributed by atoms with Gasteiger partial charge in [-0.3, -0.25) is 9.59 Å². The summed E-state index contributed by atoms with van der Waals surface area (Å²) < 4.78 is 16.9. The van der Waals surface area contributed by atoms with Crippen LogP contribution in [0.4, 0.5) is 21.6 Å². The number of aromatic nitrogens is 2. The lowest BCUT2D eigenvalue weighted by atomic mass is 9.84. The van der Waals surface area contributed by atoms with E-state index >= 15 is 4.39 Å². The molecule has 2 amide bonds. The predicted molar refractivity (Wildman–Crippen MR) is 170 cm³/mol. The van der Waals surface area contributed by atoms with Crippen molar-refractivity contribution < 1.29 is 19.1 Å². The summed E-state index contributed by atoms with van der Waals surface area (Å²) in [6, 6.07) is 15.6. The van der Waals surface area contributed by atoms with Crippen molar-refractivity contribution >= 4 is 35.1 Å². The Balaban J connectivity index is 1.70. The molecule has 0 radical (unpaired) electrons. The highest BCUT2D eigenvalue weighted by Gasteiger charge is 2.26. The topological polar surface area (TPSA) is 113 Å². The van der Waals surface area contributed by atoms with Crippen LogP contribution in [0.15, 0.2) is 67.4 Å². The summed E-state index contributed by atoms with van der Waals surface area (Å²) in [5.74, 6) is -1.57. The van der Waals surface area contributed by atoms with E-state index in [4.69, 9.17) is 5.73 Å². The molecule has 0 unspecified atom stereocenters. The smallest absolute Gasteiger partial charge is 0.261 e. The molecule has 0 aliphatic carbocycles. The van der Waals surface area contributed by atoms with E-state index in [2.05, 4.69) is 17.0 Å². The highest BCUT2D eigenvalue weighted by atomic mass is 19.1. The lowest BCUT2D eigenvalue weighted by molar-refractivity contribution is 0.0786. The third-order valence-corrected chi connectivity index (χ3v) is 7.44. The zero-order valence-corrected chi connectivity index (χ0v) is 25.6. The van der Waals surface area contributed by atoms with Gasteiger partial charge in [-0.1, -0.05) is 57.7 Å². The maximum Gasteiger partial charge on any atom is 0.261 e. The Morgan fingerprint density at radius 3 is 2.28 bits per heavy atom.